The molecule has 1 aliphatic rings. The molecule has 0 aliphatic heterocycles. The van der Waals surface area contributed by atoms with Crippen LogP contribution in [0.3, 0.4) is 0 Å². The van der Waals surface area contributed by atoms with Gasteiger partial charge in [-0.05, 0) is 31.0 Å². The van der Waals surface area contributed by atoms with Crippen molar-refractivity contribution in [3.63, 3.8) is 0 Å². The van der Waals surface area contributed by atoms with Gasteiger partial charge >= 0.3 is 0 Å². The summed E-state index contributed by atoms with van der Waals surface area (Å²) >= 11 is 0. The minimum Gasteiger partial charge on any atom is -0.349 e. The fourth-order valence-corrected chi connectivity index (χ4v) is 1.64. The lowest BCUT2D eigenvalue weighted by Crippen LogP contribution is -2.25. The zero-order valence-corrected chi connectivity index (χ0v) is 9.21. The van der Waals surface area contributed by atoms with E-state index >= 15 is 0 Å². The Bertz CT molecular complexity index is 531. The molecule has 0 unspecified atom stereocenters. The van der Waals surface area contributed by atoms with E-state index in [9.17, 15) is 4.79 Å². The normalized spacial score (nSPS) is 14.6. The number of carbonyl (C=O) groups is 1. The molecule has 1 aromatic heterocycles. The van der Waals surface area contributed by atoms with Crippen molar-refractivity contribution >= 4 is 5.91 Å². The summed E-state index contributed by atoms with van der Waals surface area (Å²) in [5, 5.41) is 10.5. The van der Waals surface area contributed by atoms with Gasteiger partial charge in [0, 0.05) is 17.3 Å². The van der Waals surface area contributed by atoms with E-state index in [2.05, 4.69) is 15.5 Å². The summed E-state index contributed by atoms with van der Waals surface area (Å²) in [6, 6.07) is 7.79. The standard InChI is InChI=1S/C12H12N4O/c17-12(15-10-4-5-10)9-2-1-3-11(6-9)16-7-13-14-8-16/h1-3,6-8,10H,4-5H2,(H,15,17). The molecule has 1 fully saturated rings. The van der Waals surface area contributed by atoms with Crippen molar-refractivity contribution in [1.82, 2.24) is 20.1 Å². The third-order valence-corrected chi connectivity index (χ3v) is 2.74. The Hall–Kier alpha value is -2.17. The van der Waals surface area contributed by atoms with Gasteiger partial charge in [0.1, 0.15) is 12.7 Å². The van der Waals surface area contributed by atoms with Crippen molar-refractivity contribution in [3.8, 4) is 5.69 Å². The van der Waals surface area contributed by atoms with Crippen molar-refractivity contribution in [3.05, 3.63) is 42.5 Å². The van der Waals surface area contributed by atoms with Gasteiger partial charge in [0.2, 0.25) is 0 Å². The quantitative estimate of drug-likeness (QED) is 0.857. The van der Waals surface area contributed by atoms with Gasteiger partial charge < -0.3 is 5.32 Å². The molecule has 17 heavy (non-hydrogen) atoms. The molecule has 2 aromatic rings. The lowest BCUT2D eigenvalue weighted by molar-refractivity contribution is 0.0951. The van der Waals surface area contributed by atoms with Gasteiger partial charge in [-0.15, -0.1) is 10.2 Å². The molecule has 0 radical (unpaired) electrons. The Morgan fingerprint density at radius 1 is 1.29 bits per heavy atom. The smallest absolute Gasteiger partial charge is 0.251 e. The van der Waals surface area contributed by atoms with Crippen LogP contribution in [0.2, 0.25) is 0 Å². The van der Waals surface area contributed by atoms with Gasteiger partial charge in [-0.3, -0.25) is 9.36 Å². The molecule has 1 N–H and O–H groups in total. The second-order valence-corrected chi connectivity index (χ2v) is 4.17. The molecule has 0 spiro atoms. The number of hydrogen-bond acceptors (Lipinski definition) is 3. The predicted molar refractivity (Wildman–Crippen MR) is 61.8 cm³/mol. The first kappa shape index (κ1) is 10.0. The molecular formula is C12H12N4O. The van der Waals surface area contributed by atoms with E-state index in [4.69, 9.17) is 0 Å². The van der Waals surface area contributed by atoms with Crippen LogP contribution < -0.4 is 5.32 Å². The zero-order chi connectivity index (χ0) is 11.7. The molecule has 1 aromatic carbocycles. The molecule has 5 heteroatoms. The van der Waals surface area contributed by atoms with Crippen molar-refractivity contribution in [1.29, 1.82) is 0 Å². The first-order chi connectivity index (χ1) is 8.33. The average molecular weight is 228 g/mol. The van der Waals surface area contributed by atoms with Crippen LogP contribution in [0, 0.1) is 0 Å². The summed E-state index contributed by atoms with van der Waals surface area (Å²) in [6.07, 6.45) is 5.41. The van der Waals surface area contributed by atoms with Gasteiger partial charge in [-0.2, -0.15) is 0 Å². The molecule has 1 saturated carbocycles. The summed E-state index contributed by atoms with van der Waals surface area (Å²) in [6.45, 7) is 0. The monoisotopic (exact) mass is 228 g/mol. The Kier molecular flexibility index (Phi) is 2.36. The predicted octanol–water partition coefficient (Wildman–Crippen LogP) is 1.16. The lowest BCUT2D eigenvalue weighted by Gasteiger charge is -2.05. The van der Waals surface area contributed by atoms with Crippen molar-refractivity contribution < 1.29 is 4.79 Å². The molecular weight excluding hydrogens is 216 g/mol. The Balaban J connectivity index is 1.85. The Morgan fingerprint density at radius 2 is 2.06 bits per heavy atom. The van der Waals surface area contributed by atoms with Crippen LogP contribution in [-0.4, -0.2) is 26.7 Å². The topological polar surface area (TPSA) is 59.8 Å². The van der Waals surface area contributed by atoms with Crippen LogP contribution >= 0.6 is 0 Å². The highest BCUT2D eigenvalue weighted by Crippen LogP contribution is 2.19. The first-order valence-electron chi connectivity index (χ1n) is 5.59. The summed E-state index contributed by atoms with van der Waals surface area (Å²) in [4.78, 5) is 11.9. The summed E-state index contributed by atoms with van der Waals surface area (Å²) < 4.78 is 1.77. The molecule has 3 rings (SSSR count). The van der Waals surface area contributed by atoms with Crippen LogP contribution in [0.15, 0.2) is 36.9 Å². The van der Waals surface area contributed by atoms with E-state index < -0.39 is 0 Å². The molecule has 86 valence electrons. The second kappa shape index (κ2) is 4.01. The highest BCUT2D eigenvalue weighted by Gasteiger charge is 2.23. The largest absolute Gasteiger partial charge is 0.349 e. The van der Waals surface area contributed by atoms with Crippen LogP contribution in [0.5, 0.6) is 0 Å². The number of aromatic nitrogens is 3. The van der Waals surface area contributed by atoms with Crippen LogP contribution in [0.25, 0.3) is 5.69 Å². The van der Waals surface area contributed by atoms with E-state index in [1.54, 1.807) is 17.2 Å². The molecule has 1 aliphatic carbocycles. The van der Waals surface area contributed by atoms with Crippen LogP contribution in [0.1, 0.15) is 23.2 Å². The highest BCUT2D eigenvalue weighted by atomic mass is 16.1. The summed E-state index contributed by atoms with van der Waals surface area (Å²) in [7, 11) is 0. The van der Waals surface area contributed by atoms with Crippen molar-refractivity contribution in [2.45, 2.75) is 18.9 Å². The lowest BCUT2D eigenvalue weighted by atomic mass is 10.2. The third kappa shape index (κ3) is 2.18. The van der Waals surface area contributed by atoms with Gasteiger partial charge in [0.25, 0.3) is 5.91 Å². The SMILES string of the molecule is O=C(NC1CC1)c1cccc(-n2cnnc2)c1. The van der Waals surface area contributed by atoms with Crippen molar-refractivity contribution in [2.24, 2.45) is 0 Å². The first-order valence-corrected chi connectivity index (χ1v) is 5.59. The number of rotatable bonds is 3. The van der Waals surface area contributed by atoms with E-state index in [0.717, 1.165) is 18.5 Å². The number of carbonyl (C=O) groups excluding carboxylic acids is 1. The van der Waals surface area contributed by atoms with Crippen LogP contribution in [-0.2, 0) is 0 Å². The highest BCUT2D eigenvalue weighted by molar-refractivity contribution is 5.95. The third-order valence-electron chi connectivity index (χ3n) is 2.74. The summed E-state index contributed by atoms with van der Waals surface area (Å²) in [5.74, 6) is -0.0116. The zero-order valence-electron chi connectivity index (χ0n) is 9.21. The number of hydrogen-bond donors (Lipinski definition) is 1. The number of nitrogens with one attached hydrogen (secondary N) is 1. The maximum Gasteiger partial charge on any atom is 0.251 e. The molecule has 1 heterocycles. The van der Waals surface area contributed by atoms with Gasteiger partial charge in [0.05, 0.1) is 0 Å². The maximum absolute atomic E-state index is 11.9. The van der Waals surface area contributed by atoms with Crippen LogP contribution in [0.4, 0.5) is 0 Å². The van der Waals surface area contributed by atoms with E-state index in [1.807, 2.05) is 24.3 Å². The van der Waals surface area contributed by atoms with Gasteiger partial charge in [0.15, 0.2) is 0 Å². The number of nitrogens with zero attached hydrogens (tertiary/aromatic N) is 3. The molecule has 0 saturated heterocycles. The Labute approximate surface area is 98.5 Å². The average Bonchev–Trinajstić information content (AvgIpc) is 3.00. The number of amides is 1. The van der Waals surface area contributed by atoms with Crippen molar-refractivity contribution in [2.75, 3.05) is 0 Å². The van der Waals surface area contributed by atoms with Gasteiger partial charge in [-0.1, -0.05) is 6.07 Å². The van der Waals surface area contributed by atoms with E-state index in [-0.39, 0.29) is 5.91 Å². The molecule has 1 amide bonds. The number of benzene rings is 1. The summed E-state index contributed by atoms with van der Waals surface area (Å²) in [5.41, 5.74) is 1.56. The minimum absolute atomic E-state index is 0.0116. The van der Waals surface area contributed by atoms with Gasteiger partial charge in [-0.25, -0.2) is 0 Å². The Morgan fingerprint density at radius 3 is 2.76 bits per heavy atom. The fourth-order valence-electron chi connectivity index (χ4n) is 1.64. The minimum atomic E-state index is -0.0116. The molecule has 0 bridgehead atoms. The van der Waals surface area contributed by atoms with E-state index in [1.165, 1.54) is 0 Å². The van der Waals surface area contributed by atoms with E-state index in [0.29, 0.717) is 11.6 Å². The fraction of sp³-hybridized carbons (Fsp3) is 0.250. The maximum atomic E-state index is 11.9. The second-order valence-electron chi connectivity index (χ2n) is 4.17. The molecule has 5 nitrogen and oxygen atoms in total. The molecule has 0 atom stereocenters.